The third kappa shape index (κ3) is 4.70. The molecule has 0 saturated heterocycles. The van der Waals surface area contributed by atoms with Crippen LogP contribution in [-0.4, -0.2) is 37.6 Å². The summed E-state index contributed by atoms with van der Waals surface area (Å²) in [5.41, 5.74) is 0.168. The predicted molar refractivity (Wildman–Crippen MR) is 70.7 cm³/mol. The number of nitrogens with zero attached hydrogens (tertiary/aromatic N) is 1. The van der Waals surface area contributed by atoms with Crippen LogP contribution >= 0.6 is 0 Å². The molecule has 1 N–H and O–H groups in total. The first kappa shape index (κ1) is 15.1. The van der Waals surface area contributed by atoms with Crippen LogP contribution in [0.3, 0.4) is 0 Å². The molecule has 0 spiro atoms. The summed E-state index contributed by atoms with van der Waals surface area (Å²) < 4.78 is 26.7. The monoisotopic (exact) mass is 256 g/mol. The second-order valence-electron chi connectivity index (χ2n) is 4.66. The molecule has 1 unspecified atom stereocenters. The van der Waals surface area contributed by atoms with Crippen LogP contribution in [0.15, 0.2) is 18.2 Å². The Labute approximate surface area is 108 Å². The molecule has 0 amide bonds. The Balaban J connectivity index is 2.37. The van der Waals surface area contributed by atoms with Crippen molar-refractivity contribution in [2.45, 2.75) is 26.3 Å². The molecule has 0 saturated carbocycles. The third-order valence-electron chi connectivity index (χ3n) is 3.05. The van der Waals surface area contributed by atoms with Gasteiger partial charge >= 0.3 is 0 Å². The fourth-order valence-corrected chi connectivity index (χ4v) is 1.88. The Hall–Kier alpha value is -1.00. The first-order valence-corrected chi connectivity index (χ1v) is 6.39. The summed E-state index contributed by atoms with van der Waals surface area (Å²) in [5, 5.41) is 3.28. The molecule has 4 heteroatoms. The minimum Gasteiger partial charge on any atom is -0.313 e. The van der Waals surface area contributed by atoms with Gasteiger partial charge in [0.25, 0.3) is 0 Å². The van der Waals surface area contributed by atoms with E-state index in [1.807, 2.05) is 0 Å². The highest BCUT2D eigenvalue weighted by molar-refractivity contribution is 5.19. The Kier molecular flexibility index (Phi) is 6.22. The average Bonchev–Trinajstić information content (AvgIpc) is 2.32. The van der Waals surface area contributed by atoms with Crippen LogP contribution in [0.1, 0.15) is 19.4 Å². The number of hydrogen-bond donors (Lipinski definition) is 1. The van der Waals surface area contributed by atoms with Crippen molar-refractivity contribution in [2.75, 3.05) is 26.7 Å². The molecule has 1 atom stereocenters. The highest BCUT2D eigenvalue weighted by Crippen LogP contribution is 2.12. The standard InChI is InChI=1S/C14H22F2N2/c1-4-18(3)10-11(2)17-9-8-12-13(15)6-5-7-14(12)16/h5-7,11,17H,4,8-10H2,1-3H3. The van der Waals surface area contributed by atoms with Crippen LogP contribution in [0, 0.1) is 11.6 Å². The molecule has 0 heterocycles. The van der Waals surface area contributed by atoms with Gasteiger partial charge in [-0.25, -0.2) is 8.78 Å². The Morgan fingerprint density at radius 1 is 1.28 bits per heavy atom. The van der Waals surface area contributed by atoms with E-state index in [1.54, 1.807) is 0 Å². The van der Waals surface area contributed by atoms with Crippen LogP contribution in [0.25, 0.3) is 0 Å². The molecule has 1 rings (SSSR count). The summed E-state index contributed by atoms with van der Waals surface area (Å²) in [6.45, 7) is 6.67. The summed E-state index contributed by atoms with van der Waals surface area (Å²) in [4.78, 5) is 2.20. The van der Waals surface area contributed by atoms with E-state index in [1.165, 1.54) is 18.2 Å². The van der Waals surface area contributed by atoms with E-state index in [0.717, 1.165) is 13.1 Å². The molecule has 1 aromatic carbocycles. The van der Waals surface area contributed by atoms with Gasteiger partial charge in [0.1, 0.15) is 11.6 Å². The maximum Gasteiger partial charge on any atom is 0.129 e. The van der Waals surface area contributed by atoms with Gasteiger partial charge in [0, 0.05) is 18.2 Å². The van der Waals surface area contributed by atoms with Gasteiger partial charge in [-0.1, -0.05) is 13.0 Å². The topological polar surface area (TPSA) is 15.3 Å². The van der Waals surface area contributed by atoms with E-state index in [9.17, 15) is 8.78 Å². The normalized spacial score (nSPS) is 13.0. The lowest BCUT2D eigenvalue weighted by atomic mass is 10.1. The van der Waals surface area contributed by atoms with Crippen LogP contribution in [-0.2, 0) is 6.42 Å². The summed E-state index contributed by atoms with van der Waals surface area (Å²) in [7, 11) is 2.05. The lowest BCUT2D eigenvalue weighted by Crippen LogP contribution is -2.38. The van der Waals surface area contributed by atoms with E-state index in [-0.39, 0.29) is 5.56 Å². The molecule has 2 nitrogen and oxygen atoms in total. The molecule has 0 aliphatic heterocycles. The number of halogens is 2. The van der Waals surface area contributed by atoms with Crippen molar-refractivity contribution < 1.29 is 8.78 Å². The maximum atomic E-state index is 13.4. The zero-order chi connectivity index (χ0) is 13.5. The summed E-state index contributed by atoms with van der Waals surface area (Å²) in [6.07, 6.45) is 0.374. The third-order valence-corrected chi connectivity index (χ3v) is 3.05. The van der Waals surface area contributed by atoms with E-state index < -0.39 is 11.6 Å². The molecular weight excluding hydrogens is 234 g/mol. The fourth-order valence-electron chi connectivity index (χ4n) is 1.88. The summed E-state index contributed by atoms with van der Waals surface area (Å²) >= 11 is 0. The van der Waals surface area contributed by atoms with Crippen molar-refractivity contribution in [3.05, 3.63) is 35.4 Å². The maximum absolute atomic E-state index is 13.4. The van der Waals surface area contributed by atoms with Gasteiger partial charge < -0.3 is 10.2 Å². The molecule has 0 bridgehead atoms. The molecule has 102 valence electrons. The van der Waals surface area contributed by atoms with Gasteiger partial charge in [-0.2, -0.15) is 0 Å². The highest BCUT2D eigenvalue weighted by atomic mass is 19.1. The zero-order valence-electron chi connectivity index (χ0n) is 11.3. The molecule has 18 heavy (non-hydrogen) atoms. The number of rotatable bonds is 7. The second-order valence-corrected chi connectivity index (χ2v) is 4.66. The largest absolute Gasteiger partial charge is 0.313 e. The average molecular weight is 256 g/mol. The number of nitrogens with one attached hydrogen (secondary N) is 1. The number of likely N-dealkylation sites (N-methyl/N-ethyl adjacent to an activating group) is 1. The minimum atomic E-state index is -0.463. The van der Waals surface area contributed by atoms with Gasteiger partial charge in [-0.15, -0.1) is 0 Å². The molecule has 1 aromatic rings. The smallest absolute Gasteiger partial charge is 0.129 e. The fraction of sp³-hybridized carbons (Fsp3) is 0.571. The van der Waals surface area contributed by atoms with Crippen LogP contribution in [0.2, 0.25) is 0 Å². The Morgan fingerprint density at radius 2 is 1.89 bits per heavy atom. The van der Waals surface area contributed by atoms with Gasteiger partial charge in [0.15, 0.2) is 0 Å². The number of benzene rings is 1. The number of hydrogen-bond acceptors (Lipinski definition) is 2. The quantitative estimate of drug-likeness (QED) is 0.806. The van der Waals surface area contributed by atoms with Gasteiger partial charge in [-0.05, 0) is 45.6 Å². The van der Waals surface area contributed by atoms with Gasteiger partial charge in [0.2, 0.25) is 0 Å². The van der Waals surface area contributed by atoms with Crippen LogP contribution in [0.5, 0.6) is 0 Å². The van der Waals surface area contributed by atoms with Crippen molar-refractivity contribution >= 4 is 0 Å². The van der Waals surface area contributed by atoms with Crippen LogP contribution in [0.4, 0.5) is 8.78 Å². The van der Waals surface area contributed by atoms with E-state index in [2.05, 4.69) is 31.1 Å². The highest BCUT2D eigenvalue weighted by Gasteiger charge is 2.09. The molecule has 0 radical (unpaired) electrons. The van der Waals surface area contributed by atoms with E-state index in [0.29, 0.717) is 19.0 Å². The molecule has 0 aliphatic rings. The summed E-state index contributed by atoms with van der Waals surface area (Å²) in [6, 6.07) is 4.30. The van der Waals surface area contributed by atoms with Gasteiger partial charge in [-0.3, -0.25) is 0 Å². The zero-order valence-corrected chi connectivity index (χ0v) is 11.3. The van der Waals surface area contributed by atoms with Crippen molar-refractivity contribution in [2.24, 2.45) is 0 Å². The first-order valence-electron chi connectivity index (χ1n) is 6.39. The van der Waals surface area contributed by atoms with Crippen LogP contribution < -0.4 is 5.32 Å². The van der Waals surface area contributed by atoms with Crippen molar-refractivity contribution in [1.82, 2.24) is 10.2 Å². The lowest BCUT2D eigenvalue weighted by molar-refractivity contribution is 0.310. The van der Waals surface area contributed by atoms with E-state index >= 15 is 0 Å². The lowest BCUT2D eigenvalue weighted by Gasteiger charge is -2.20. The minimum absolute atomic E-state index is 0.168. The molecule has 0 aliphatic carbocycles. The Bertz CT molecular complexity index is 349. The first-order chi connectivity index (χ1) is 8.54. The SMILES string of the molecule is CCN(C)CC(C)NCCc1c(F)cccc1F. The van der Waals surface area contributed by atoms with Crippen molar-refractivity contribution in [3.8, 4) is 0 Å². The van der Waals surface area contributed by atoms with E-state index in [4.69, 9.17) is 0 Å². The molecule has 0 fully saturated rings. The van der Waals surface area contributed by atoms with Gasteiger partial charge in [0.05, 0.1) is 0 Å². The Morgan fingerprint density at radius 3 is 2.44 bits per heavy atom. The molecular formula is C14H22F2N2. The second kappa shape index (κ2) is 7.44. The van der Waals surface area contributed by atoms with Crippen molar-refractivity contribution in [3.63, 3.8) is 0 Å². The predicted octanol–water partition coefficient (Wildman–Crippen LogP) is 2.44. The van der Waals surface area contributed by atoms with Crippen molar-refractivity contribution in [1.29, 1.82) is 0 Å². The molecule has 0 aromatic heterocycles. The summed E-state index contributed by atoms with van der Waals surface area (Å²) in [5.74, 6) is -0.926.